The van der Waals surface area contributed by atoms with E-state index >= 15 is 0 Å². The molecule has 5 rings (SSSR count). The van der Waals surface area contributed by atoms with Gasteiger partial charge in [0.25, 0.3) is 11.8 Å². The number of carbonyl (C=O) groups is 4. The standard InChI is InChI=1S/C27H31ClN6O4S/c1-33(2)27(38)14-4-6-19(30-24(36)23-17(13-35)16-11-15(28)5-7-18(16)29-23)21(10-14)31-25(37)26-32-20-8-9-34(3)12-22(20)39-26/h5,7,11,13-14,19,21,29H,4,6,8-10,12H2,1-3H3,(H,30,36)(H,31,37)/t14-,19?,21+/m0/s1. The zero-order chi connectivity index (χ0) is 27.8. The Kier molecular flexibility index (Phi) is 7.75. The molecule has 1 fully saturated rings. The van der Waals surface area contributed by atoms with E-state index in [0.29, 0.717) is 46.5 Å². The van der Waals surface area contributed by atoms with E-state index in [9.17, 15) is 19.2 Å². The van der Waals surface area contributed by atoms with Crippen LogP contribution in [0.1, 0.15) is 60.5 Å². The summed E-state index contributed by atoms with van der Waals surface area (Å²) in [6, 6.07) is 4.10. The first-order valence-electron chi connectivity index (χ1n) is 12.9. The maximum absolute atomic E-state index is 13.4. The van der Waals surface area contributed by atoms with Crippen LogP contribution in [0, 0.1) is 5.92 Å². The van der Waals surface area contributed by atoms with Gasteiger partial charge in [0, 0.05) is 66.4 Å². The van der Waals surface area contributed by atoms with Crippen molar-refractivity contribution in [2.45, 2.75) is 44.3 Å². The average molecular weight is 571 g/mol. The van der Waals surface area contributed by atoms with Gasteiger partial charge in [-0.25, -0.2) is 4.98 Å². The molecule has 3 heterocycles. The lowest BCUT2D eigenvalue weighted by atomic mass is 9.81. The number of nitrogens with one attached hydrogen (secondary N) is 3. The fourth-order valence-corrected chi connectivity index (χ4v) is 6.73. The molecule has 0 bridgehead atoms. The van der Waals surface area contributed by atoms with Crippen LogP contribution in [0.15, 0.2) is 18.2 Å². The third-order valence-electron chi connectivity index (χ3n) is 7.54. The number of hydrogen-bond donors (Lipinski definition) is 3. The first-order valence-corrected chi connectivity index (χ1v) is 14.1. The van der Waals surface area contributed by atoms with E-state index in [1.807, 2.05) is 7.05 Å². The Bertz CT molecular complexity index is 1450. The number of thiazole rings is 1. The zero-order valence-electron chi connectivity index (χ0n) is 22.0. The molecule has 39 heavy (non-hydrogen) atoms. The maximum Gasteiger partial charge on any atom is 0.280 e. The number of fused-ring (bicyclic) bond motifs is 2. The van der Waals surface area contributed by atoms with Gasteiger partial charge in [-0.05, 0) is 44.5 Å². The van der Waals surface area contributed by atoms with E-state index in [0.717, 1.165) is 30.1 Å². The highest BCUT2D eigenvalue weighted by atomic mass is 35.5. The first kappa shape index (κ1) is 27.3. The molecule has 1 aliphatic carbocycles. The number of aldehydes is 1. The molecule has 3 N–H and O–H groups in total. The summed E-state index contributed by atoms with van der Waals surface area (Å²) in [6.07, 6.45) is 2.87. The van der Waals surface area contributed by atoms with Gasteiger partial charge in [0.15, 0.2) is 11.3 Å². The van der Waals surface area contributed by atoms with Gasteiger partial charge in [-0.2, -0.15) is 0 Å². The van der Waals surface area contributed by atoms with Gasteiger partial charge in [-0.1, -0.05) is 11.6 Å². The van der Waals surface area contributed by atoms with Crippen LogP contribution in [0.5, 0.6) is 0 Å². The van der Waals surface area contributed by atoms with Gasteiger partial charge < -0.3 is 25.4 Å². The van der Waals surface area contributed by atoms with Crippen LogP contribution in [0.4, 0.5) is 0 Å². The number of H-pyrrole nitrogens is 1. The highest BCUT2D eigenvalue weighted by molar-refractivity contribution is 7.13. The van der Waals surface area contributed by atoms with Crippen LogP contribution in [-0.4, -0.2) is 83.5 Å². The summed E-state index contributed by atoms with van der Waals surface area (Å²) in [5.74, 6) is -1.06. The molecule has 1 unspecified atom stereocenters. The number of likely N-dealkylation sites (N-methyl/N-ethyl adjacent to an activating group) is 1. The van der Waals surface area contributed by atoms with Crippen molar-refractivity contribution in [2.24, 2.45) is 5.92 Å². The molecule has 206 valence electrons. The van der Waals surface area contributed by atoms with Crippen LogP contribution in [-0.2, 0) is 17.8 Å². The lowest BCUT2D eigenvalue weighted by Gasteiger charge is -2.37. The third kappa shape index (κ3) is 5.57. The zero-order valence-corrected chi connectivity index (χ0v) is 23.6. The molecule has 0 saturated heterocycles. The van der Waals surface area contributed by atoms with Crippen LogP contribution in [0.3, 0.4) is 0 Å². The minimum Gasteiger partial charge on any atom is -0.350 e. The molecule has 1 aliphatic heterocycles. The Morgan fingerprint density at radius 2 is 1.95 bits per heavy atom. The van der Waals surface area contributed by atoms with E-state index in [1.165, 1.54) is 11.3 Å². The van der Waals surface area contributed by atoms with E-state index in [-0.39, 0.29) is 29.0 Å². The number of benzene rings is 1. The molecule has 1 saturated carbocycles. The molecule has 1 aromatic carbocycles. The molecule has 10 nitrogen and oxygen atoms in total. The summed E-state index contributed by atoms with van der Waals surface area (Å²) in [7, 11) is 5.46. The fourth-order valence-electron chi connectivity index (χ4n) is 5.47. The molecule has 2 aromatic heterocycles. The van der Waals surface area contributed by atoms with Gasteiger partial charge in [0.2, 0.25) is 5.91 Å². The smallest absolute Gasteiger partial charge is 0.280 e. The molecule has 3 atom stereocenters. The Hall–Kier alpha value is -3.28. The number of aromatic nitrogens is 2. The number of nitrogens with zero attached hydrogens (tertiary/aromatic N) is 3. The summed E-state index contributed by atoms with van der Waals surface area (Å²) < 4.78 is 0. The maximum atomic E-state index is 13.4. The molecule has 0 radical (unpaired) electrons. The summed E-state index contributed by atoms with van der Waals surface area (Å²) in [6.45, 7) is 1.65. The van der Waals surface area contributed by atoms with Gasteiger partial charge in [0.1, 0.15) is 5.69 Å². The monoisotopic (exact) mass is 570 g/mol. The molecule has 3 amide bonds. The molecular formula is C27H31ClN6O4S. The lowest BCUT2D eigenvalue weighted by molar-refractivity contribution is -0.134. The Balaban J connectivity index is 1.38. The second-order valence-electron chi connectivity index (χ2n) is 10.5. The number of halogens is 1. The van der Waals surface area contributed by atoms with Crippen molar-refractivity contribution in [1.82, 2.24) is 30.4 Å². The number of amides is 3. The molecular weight excluding hydrogens is 540 g/mol. The highest BCUT2D eigenvalue weighted by Gasteiger charge is 2.37. The van der Waals surface area contributed by atoms with E-state index in [4.69, 9.17) is 11.6 Å². The SMILES string of the molecule is CN1CCc2nc(C(=O)N[C@@H]3C[C@@H](C(=O)N(C)C)CCC3NC(=O)c3[nH]c4ccc(Cl)cc4c3C=O)sc2C1. The quantitative estimate of drug-likeness (QED) is 0.391. The summed E-state index contributed by atoms with van der Waals surface area (Å²) in [5.41, 5.74) is 1.93. The predicted octanol–water partition coefficient (Wildman–Crippen LogP) is 2.86. The van der Waals surface area contributed by atoms with Crippen molar-refractivity contribution in [3.05, 3.63) is 50.1 Å². The van der Waals surface area contributed by atoms with Crippen LogP contribution >= 0.6 is 22.9 Å². The van der Waals surface area contributed by atoms with Crippen LogP contribution < -0.4 is 10.6 Å². The van der Waals surface area contributed by atoms with Gasteiger partial charge >= 0.3 is 0 Å². The van der Waals surface area contributed by atoms with Crippen LogP contribution in [0.2, 0.25) is 5.02 Å². The Morgan fingerprint density at radius 1 is 1.18 bits per heavy atom. The fraction of sp³-hybridized carbons (Fsp3) is 0.444. The number of carbonyl (C=O) groups excluding carboxylic acids is 4. The van der Waals surface area contributed by atoms with Crippen molar-refractivity contribution in [2.75, 3.05) is 27.7 Å². The normalized spacial score (nSPS) is 21.3. The van der Waals surface area contributed by atoms with Crippen molar-refractivity contribution >= 4 is 57.8 Å². The number of hydrogen-bond acceptors (Lipinski definition) is 7. The second kappa shape index (κ2) is 11.1. The Labute approximate surface area is 235 Å². The molecule has 3 aromatic rings. The number of rotatable bonds is 6. The lowest BCUT2D eigenvalue weighted by Crippen LogP contribution is -2.56. The number of aromatic amines is 1. The molecule has 0 spiro atoms. The third-order valence-corrected chi connectivity index (χ3v) is 8.85. The summed E-state index contributed by atoms with van der Waals surface area (Å²) in [5, 5.41) is 7.48. The summed E-state index contributed by atoms with van der Waals surface area (Å²) >= 11 is 7.49. The Morgan fingerprint density at radius 3 is 2.69 bits per heavy atom. The molecule has 12 heteroatoms. The van der Waals surface area contributed by atoms with E-state index in [2.05, 4.69) is 25.5 Å². The van der Waals surface area contributed by atoms with Crippen molar-refractivity contribution in [1.29, 1.82) is 0 Å². The largest absolute Gasteiger partial charge is 0.350 e. The van der Waals surface area contributed by atoms with Crippen molar-refractivity contribution in [3.8, 4) is 0 Å². The second-order valence-corrected chi connectivity index (χ2v) is 12.0. The highest BCUT2D eigenvalue weighted by Crippen LogP contribution is 2.29. The van der Waals surface area contributed by atoms with E-state index in [1.54, 1.807) is 37.2 Å². The van der Waals surface area contributed by atoms with E-state index < -0.39 is 18.0 Å². The summed E-state index contributed by atoms with van der Waals surface area (Å²) in [4.78, 5) is 63.9. The van der Waals surface area contributed by atoms with Crippen molar-refractivity contribution in [3.63, 3.8) is 0 Å². The van der Waals surface area contributed by atoms with Gasteiger partial charge in [0.05, 0.1) is 17.3 Å². The first-order chi connectivity index (χ1) is 18.6. The predicted molar refractivity (Wildman–Crippen MR) is 149 cm³/mol. The van der Waals surface area contributed by atoms with Crippen LogP contribution in [0.25, 0.3) is 10.9 Å². The minimum atomic E-state index is -0.494. The van der Waals surface area contributed by atoms with Crippen molar-refractivity contribution < 1.29 is 19.2 Å². The minimum absolute atomic E-state index is 0.0116. The average Bonchev–Trinajstić information content (AvgIpc) is 3.49. The molecule has 2 aliphatic rings. The topological polar surface area (TPSA) is 128 Å². The van der Waals surface area contributed by atoms with Gasteiger partial charge in [-0.3, -0.25) is 19.2 Å². The van der Waals surface area contributed by atoms with Gasteiger partial charge in [-0.15, -0.1) is 11.3 Å².